The molecule has 0 spiro atoms. The van der Waals surface area contributed by atoms with Gasteiger partial charge in [-0.15, -0.1) is 0 Å². The number of carbonyl (C=O) groups is 2. The van der Waals surface area contributed by atoms with Gasteiger partial charge in [0, 0.05) is 31.6 Å². The highest BCUT2D eigenvalue weighted by atomic mass is 32.2. The summed E-state index contributed by atoms with van der Waals surface area (Å²) in [5.74, 6) is 0.154. The van der Waals surface area contributed by atoms with E-state index in [1.807, 2.05) is 41.3 Å². The predicted octanol–water partition coefficient (Wildman–Crippen LogP) is 3.30. The van der Waals surface area contributed by atoms with Crippen LogP contribution in [0.15, 0.2) is 60.7 Å². The second-order valence-electron chi connectivity index (χ2n) is 10.5. The van der Waals surface area contributed by atoms with E-state index in [0.717, 1.165) is 35.6 Å². The van der Waals surface area contributed by atoms with Crippen LogP contribution >= 0.6 is 0 Å². The van der Waals surface area contributed by atoms with Crippen molar-refractivity contribution in [1.82, 2.24) is 9.80 Å². The number of methoxy groups -OCH3 is 1. The van der Waals surface area contributed by atoms with Gasteiger partial charge in [0.2, 0.25) is 11.8 Å². The van der Waals surface area contributed by atoms with Gasteiger partial charge in [-0.2, -0.15) is 0 Å². The number of hydrogen-bond acceptors (Lipinski definition) is 5. The SMILES string of the molecule is COc1ccc2ccc(N(C3CCN(C(Cc4ccc(C(=N)N)cc4)C(=O)N4CCCCC4)C3=O)S(=O)O)cc2c1. The largest absolute Gasteiger partial charge is 0.497 e. The molecule has 0 aromatic heterocycles. The van der Waals surface area contributed by atoms with Crippen molar-refractivity contribution in [2.24, 2.45) is 5.73 Å². The van der Waals surface area contributed by atoms with Gasteiger partial charge in [-0.05, 0) is 66.3 Å². The highest BCUT2D eigenvalue weighted by Crippen LogP contribution is 2.31. The van der Waals surface area contributed by atoms with E-state index in [1.54, 1.807) is 36.3 Å². The highest BCUT2D eigenvalue weighted by Gasteiger charge is 2.44. The molecular weight excluding hydrogens is 542 g/mol. The first-order chi connectivity index (χ1) is 19.8. The smallest absolute Gasteiger partial charge is 0.262 e. The normalized spacial score (nSPS) is 18.8. The van der Waals surface area contributed by atoms with Gasteiger partial charge >= 0.3 is 0 Å². The monoisotopic (exact) mass is 577 g/mol. The number of ether oxygens (including phenoxy) is 1. The molecule has 10 nitrogen and oxygen atoms in total. The number of benzene rings is 3. The number of likely N-dealkylation sites (tertiary alicyclic amines) is 2. The lowest BCUT2D eigenvalue weighted by atomic mass is 10.0. The standard InChI is InChI=1S/C30H35N5O5S/c1-40-25-12-10-21-9-11-24(18-23(21)19-25)35(41(38)39)26-13-16-34(30(26)37)27(29(36)33-14-3-2-4-15-33)17-20-5-7-22(8-6-20)28(31)32/h5-12,18-19,26-27H,2-4,13-17H2,1H3,(H3,31,32)(H,38,39). The van der Waals surface area contributed by atoms with Gasteiger partial charge in [-0.3, -0.25) is 23.9 Å². The number of nitrogens with one attached hydrogen (secondary N) is 1. The molecule has 0 bridgehead atoms. The molecule has 0 radical (unpaired) electrons. The summed E-state index contributed by atoms with van der Waals surface area (Å²) in [5.41, 5.74) is 7.46. The van der Waals surface area contributed by atoms with Crippen LogP contribution in [0.4, 0.5) is 5.69 Å². The highest BCUT2D eigenvalue weighted by molar-refractivity contribution is 7.80. The lowest BCUT2D eigenvalue weighted by molar-refractivity contribution is -0.144. The van der Waals surface area contributed by atoms with Crippen molar-refractivity contribution in [1.29, 1.82) is 5.41 Å². The fraction of sp³-hybridized carbons (Fsp3) is 0.367. The van der Waals surface area contributed by atoms with E-state index >= 15 is 0 Å². The number of amides is 2. The Morgan fingerprint density at radius 2 is 1.78 bits per heavy atom. The number of rotatable bonds is 9. The Bertz CT molecular complexity index is 1470. The van der Waals surface area contributed by atoms with Gasteiger partial charge in [0.25, 0.3) is 11.3 Å². The molecule has 11 heteroatoms. The predicted molar refractivity (Wildman–Crippen MR) is 159 cm³/mol. The van der Waals surface area contributed by atoms with Gasteiger partial charge in [0.05, 0.1) is 12.8 Å². The maximum Gasteiger partial charge on any atom is 0.262 e. The fourth-order valence-corrected chi connectivity index (χ4v) is 6.48. The number of anilines is 1. The minimum Gasteiger partial charge on any atom is -0.497 e. The molecule has 3 aromatic carbocycles. The van der Waals surface area contributed by atoms with Gasteiger partial charge in [0.15, 0.2) is 0 Å². The van der Waals surface area contributed by atoms with Crippen molar-refractivity contribution in [2.45, 2.75) is 44.2 Å². The van der Waals surface area contributed by atoms with Gasteiger partial charge < -0.3 is 20.3 Å². The van der Waals surface area contributed by atoms with Crippen LogP contribution in [-0.2, 0) is 27.3 Å². The van der Waals surface area contributed by atoms with Crippen LogP contribution in [-0.4, -0.2) is 75.0 Å². The van der Waals surface area contributed by atoms with E-state index in [1.165, 1.54) is 4.31 Å². The maximum absolute atomic E-state index is 14.0. The van der Waals surface area contributed by atoms with Crippen LogP contribution in [0.5, 0.6) is 5.75 Å². The molecule has 2 heterocycles. The Labute approximate surface area is 242 Å². The number of fused-ring (bicyclic) bond motifs is 1. The summed E-state index contributed by atoms with van der Waals surface area (Å²) in [7, 11) is 1.57. The molecule has 3 atom stereocenters. The first kappa shape index (κ1) is 28.6. The molecular formula is C30H35N5O5S. The van der Waals surface area contributed by atoms with Gasteiger partial charge in [-0.1, -0.05) is 36.4 Å². The van der Waals surface area contributed by atoms with Crippen molar-refractivity contribution < 1.29 is 23.1 Å². The molecule has 2 fully saturated rings. The molecule has 2 saturated heterocycles. The van der Waals surface area contributed by atoms with E-state index in [-0.39, 0.29) is 24.2 Å². The number of nitrogens with two attached hydrogens (primary N) is 1. The summed E-state index contributed by atoms with van der Waals surface area (Å²) in [6.07, 6.45) is 3.51. The van der Waals surface area contributed by atoms with Crippen molar-refractivity contribution in [3.8, 4) is 5.75 Å². The average molecular weight is 578 g/mol. The fourth-order valence-electron chi connectivity index (χ4n) is 5.77. The number of carbonyl (C=O) groups excluding carboxylic acids is 2. The molecule has 0 aliphatic carbocycles. The molecule has 2 amide bonds. The third-order valence-electron chi connectivity index (χ3n) is 7.97. The van der Waals surface area contributed by atoms with Crippen LogP contribution in [0.1, 0.15) is 36.8 Å². The molecule has 3 unspecified atom stereocenters. The Morgan fingerprint density at radius 1 is 1.07 bits per heavy atom. The van der Waals surface area contributed by atoms with Crippen LogP contribution in [0.25, 0.3) is 10.8 Å². The lowest BCUT2D eigenvalue weighted by Crippen LogP contribution is -2.53. The molecule has 3 aromatic rings. The molecule has 41 heavy (non-hydrogen) atoms. The summed E-state index contributed by atoms with van der Waals surface area (Å²) in [4.78, 5) is 31.2. The molecule has 5 rings (SSSR count). The minimum absolute atomic E-state index is 0.0423. The van der Waals surface area contributed by atoms with E-state index in [4.69, 9.17) is 15.9 Å². The molecule has 216 valence electrons. The first-order valence-electron chi connectivity index (χ1n) is 13.8. The number of nitrogens with zero attached hydrogens (tertiary/aromatic N) is 3. The molecule has 0 saturated carbocycles. The first-order valence-corrected chi connectivity index (χ1v) is 14.8. The van der Waals surface area contributed by atoms with Crippen LogP contribution < -0.4 is 14.8 Å². The zero-order chi connectivity index (χ0) is 29.1. The quantitative estimate of drug-likeness (QED) is 0.203. The van der Waals surface area contributed by atoms with Gasteiger partial charge in [0.1, 0.15) is 23.7 Å². The third kappa shape index (κ3) is 6.06. The van der Waals surface area contributed by atoms with Crippen molar-refractivity contribution >= 4 is 45.4 Å². The van der Waals surface area contributed by atoms with Crippen LogP contribution in [0.2, 0.25) is 0 Å². The summed E-state index contributed by atoms with van der Waals surface area (Å²) in [6, 6.07) is 16.4. The second kappa shape index (κ2) is 12.3. The number of piperidine rings is 1. The van der Waals surface area contributed by atoms with Crippen LogP contribution in [0.3, 0.4) is 0 Å². The zero-order valence-electron chi connectivity index (χ0n) is 23.0. The van der Waals surface area contributed by atoms with E-state index in [2.05, 4.69) is 0 Å². The second-order valence-corrected chi connectivity index (χ2v) is 11.4. The van der Waals surface area contributed by atoms with Crippen LogP contribution in [0, 0.1) is 5.41 Å². The number of nitrogen functional groups attached to an aromatic ring is 1. The van der Waals surface area contributed by atoms with Crippen molar-refractivity contribution in [3.63, 3.8) is 0 Å². The lowest BCUT2D eigenvalue weighted by Gasteiger charge is -2.35. The number of amidine groups is 1. The van der Waals surface area contributed by atoms with E-state index in [0.29, 0.717) is 42.9 Å². The Kier molecular flexibility index (Phi) is 8.55. The average Bonchev–Trinajstić information content (AvgIpc) is 3.35. The molecule has 4 N–H and O–H groups in total. The van der Waals surface area contributed by atoms with Gasteiger partial charge in [-0.25, -0.2) is 4.21 Å². The maximum atomic E-state index is 14.0. The van der Waals surface area contributed by atoms with E-state index in [9.17, 15) is 18.4 Å². The van der Waals surface area contributed by atoms with Crippen molar-refractivity contribution in [2.75, 3.05) is 31.0 Å². The summed E-state index contributed by atoms with van der Waals surface area (Å²) < 4.78 is 29.6. The van der Waals surface area contributed by atoms with E-state index < -0.39 is 23.4 Å². The third-order valence-corrected chi connectivity index (χ3v) is 8.77. The topological polar surface area (TPSA) is 140 Å². The Morgan fingerprint density at radius 3 is 2.44 bits per heavy atom. The summed E-state index contributed by atoms with van der Waals surface area (Å²) >= 11 is -2.48. The zero-order valence-corrected chi connectivity index (χ0v) is 23.8. The Hall–Kier alpha value is -3.96. The van der Waals surface area contributed by atoms with Crippen molar-refractivity contribution in [3.05, 3.63) is 71.8 Å². The Balaban J connectivity index is 1.44. The molecule has 2 aliphatic heterocycles. The number of hydrogen-bond donors (Lipinski definition) is 3. The summed E-state index contributed by atoms with van der Waals surface area (Å²) in [6.45, 7) is 1.59. The molecule has 2 aliphatic rings. The minimum atomic E-state index is -2.48. The summed E-state index contributed by atoms with van der Waals surface area (Å²) in [5, 5.41) is 9.40.